The summed E-state index contributed by atoms with van der Waals surface area (Å²) in [7, 11) is 3.55. The Hall–Kier alpha value is -2.23. The van der Waals surface area contributed by atoms with Crippen LogP contribution >= 0.6 is 23.2 Å². The minimum Gasteiger partial charge on any atom is -0.457 e. The molecular weight excluding hydrogens is 377 g/mol. The molecule has 1 aromatic rings. The third kappa shape index (κ3) is 2.72. The van der Waals surface area contributed by atoms with Gasteiger partial charge in [0, 0.05) is 20.5 Å². The molecule has 1 fully saturated rings. The molecular formula is C18H17Cl2N3O3. The standard InChI is InChI=1S/C18H17Cl2N3O3/c1-17(10-18(17,19)20)16(25)26-9-14(24)11(8-21)15-22(2)12-6-4-5-7-13(12)23(15)3/h4-7H,9-10H2,1-3H3. The Kier molecular flexibility index (Phi) is 4.41. The van der Waals surface area contributed by atoms with Gasteiger partial charge in [0.2, 0.25) is 5.78 Å². The van der Waals surface area contributed by atoms with Crippen molar-refractivity contribution in [1.82, 2.24) is 0 Å². The average molecular weight is 394 g/mol. The molecule has 0 radical (unpaired) electrons. The highest BCUT2D eigenvalue weighted by Crippen LogP contribution is 2.64. The van der Waals surface area contributed by atoms with E-state index >= 15 is 0 Å². The molecule has 1 atom stereocenters. The zero-order chi connectivity index (χ0) is 19.3. The number of alkyl halides is 2. The summed E-state index contributed by atoms with van der Waals surface area (Å²) in [5, 5.41) is 9.53. The zero-order valence-electron chi connectivity index (χ0n) is 14.5. The second-order valence-electron chi connectivity index (χ2n) is 6.63. The molecule has 1 heterocycles. The number of carbonyl (C=O) groups is 2. The zero-order valence-corrected chi connectivity index (χ0v) is 16.1. The van der Waals surface area contributed by atoms with Crippen molar-refractivity contribution in [3.63, 3.8) is 0 Å². The number of nitriles is 1. The van der Waals surface area contributed by atoms with E-state index in [9.17, 15) is 14.9 Å². The summed E-state index contributed by atoms with van der Waals surface area (Å²) >= 11 is 11.9. The summed E-state index contributed by atoms with van der Waals surface area (Å²) in [6.07, 6.45) is 0.267. The van der Waals surface area contributed by atoms with E-state index in [1.165, 1.54) is 0 Å². The molecule has 6 nitrogen and oxygen atoms in total. The maximum absolute atomic E-state index is 12.5. The van der Waals surface area contributed by atoms with Gasteiger partial charge in [0.05, 0.1) is 11.4 Å². The summed E-state index contributed by atoms with van der Waals surface area (Å²) in [6.45, 7) is 1.04. The lowest BCUT2D eigenvalue weighted by atomic mass is 10.1. The Balaban J connectivity index is 1.79. The number of fused-ring (bicyclic) bond motifs is 1. The van der Waals surface area contributed by atoms with Gasteiger partial charge in [-0.1, -0.05) is 12.1 Å². The number of hydrogen-bond acceptors (Lipinski definition) is 6. The number of Topliss-reactive ketones (excluding diaryl/α,β-unsaturated/α-hetero) is 1. The first kappa shape index (κ1) is 18.6. The molecule has 3 rings (SSSR count). The van der Waals surface area contributed by atoms with Crippen molar-refractivity contribution in [1.29, 1.82) is 5.26 Å². The highest BCUT2D eigenvalue weighted by atomic mass is 35.5. The lowest BCUT2D eigenvalue weighted by Crippen LogP contribution is -2.29. The van der Waals surface area contributed by atoms with E-state index in [0.717, 1.165) is 11.4 Å². The van der Waals surface area contributed by atoms with Crippen molar-refractivity contribution in [3.05, 3.63) is 35.7 Å². The van der Waals surface area contributed by atoms with Crippen LogP contribution in [0, 0.1) is 16.7 Å². The average Bonchev–Trinajstić information content (AvgIpc) is 3.04. The number of nitrogens with zero attached hydrogens (tertiary/aromatic N) is 3. The first-order chi connectivity index (χ1) is 12.1. The molecule has 1 unspecified atom stereocenters. The Morgan fingerprint density at radius 2 is 1.73 bits per heavy atom. The maximum atomic E-state index is 12.5. The van der Waals surface area contributed by atoms with Crippen molar-refractivity contribution < 1.29 is 14.3 Å². The lowest BCUT2D eigenvalue weighted by Gasteiger charge is -2.20. The first-order valence-corrected chi connectivity index (χ1v) is 8.69. The van der Waals surface area contributed by atoms with Crippen LogP contribution < -0.4 is 9.80 Å². The molecule has 0 spiro atoms. The van der Waals surface area contributed by atoms with E-state index < -0.39 is 28.1 Å². The van der Waals surface area contributed by atoms with E-state index in [-0.39, 0.29) is 12.0 Å². The number of anilines is 2. The molecule has 0 saturated heterocycles. The van der Waals surface area contributed by atoms with Crippen LogP contribution in [0.3, 0.4) is 0 Å². The van der Waals surface area contributed by atoms with E-state index in [4.69, 9.17) is 27.9 Å². The number of esters is 1. The SMILES string of the molecule is CN1C(=C(C#N)C(=O)COC(=O)C2(C)CC2(Cl)Cl)N(C)c2ccccc21. The van der Waals surface area contributed by atoms with Gasteiger partial charge in [0.25, 0.3) is 0 Å². The summed E-state index contributed by atoms with van der Waals surface area (Å²) in [5.74, 6) is -0.785. The Morgan fingerprint density at radius 3 is 2.15 bits per heavy atom. The third-order valence-corrected chi connectivity index (χ3v) is 6.00. The van der Waals surface area contributed by atoms with Gasteiger partial charge in [-0.25, -0.2) is 0 Å². The summed E-state index contributed by atoms with van der Waals surface area (Å²) in [5.41, 5.74) is 0.653. The molecule has 0 N–H and O–H groups in total. The molecule has 1 aromatic carbocycles. The number of ketones is 1. The molecule has 0 aromatic heterocycles. The van der Waals surface area contributed by atoms with Gasteiger partial charge >= 0.3 is 5.97 Å². The molecule has 2 aliphatic rings. The maximum Gasteiger partial charge on any atom is 0.315 e. The fourth-order valence-electron chi connectivity index (χ4n) is 3.04. The van der Waals surface area contributed by atoms with Crippen molar-refractivity contribution in [3.8, 4) is 6.07 Å². The Morgan fingerprint density at radius 1 is 1.23 bits per heavy atom. The Bertz CT molecular complexity index is 844. The molecule has 26 heavy (non-hydrogen) atoms. The fourth-order valence-corrected chi connectivity index (χ4v) is 3.73. The van der Waals surface area contributed by atoms with E-state index in [0.29, 0.717) is 5.82 Å². The van der Waals surface area contributed by atoms with Crippen LogP contribution in [0.5, 0.6) is 0 Å². The largest absolute Gasteiger partial charge is 0.457 e. The van der Waals surface area contributed by atoms with E-state index in [2.05, 4.69) is 0 Å². The normalized spacial score (nSPS) is 22.5. The van der Waals surface area contributed by atoms with E-state index in [1.807, 2.05) is 30.3 Å². The second-order valence-corrected chi connectivity index (χ2v) is 8.11. The van der Waals surface area contributed by atoms with Crippen molar-refractivity contribution in [2.24, 2.45) is 5.41 Å². The van der Waals surface area contributed by atoms with Gasteiger partial charge in [-0.05, 0) is 19.1 Å². The molecule has 0 amide bonds. The predicted octanol–water partition coefficient (Wildman–Crippen LogP) is 3.00. The van der Waals surface area contributed by atoms with Gasteiger partial charge in [-0.15, -0.1) is 23.2 Å². The van der Waals surface area contributed by atoms with Crippen molar-refractivity contribution in [2.75, 3.05) is 30.5 Å². The molecule has 0 bridgehead atoms. The lowest BCUT2D eigenvalue weighted by molar-refractivity contribution is -0.152. The predicted molar refractivity (Wildman–Crippen MR) is 99.0 cm³/mol. The van der Waals surface area contributed by atoms with Crippen LogP contribution in [0.4, 0.5) is 11.4 Å². The molecule has 1 saturated carbocycles. The van der Waals surface area contributed by atoms with Crippen LogP contribution in [-0.2, 0) is 14.3 Å². The van der Waals surface area contributed by atoms with Gasteiger partial charge in [0.1, 0.15) is 27.2 Å². The summed E-state index contributed by atoms with van der Waals surface area (Å²) in [6, 6.07) is 9.48. The minimum absolute atomic E-state index is 0.0806. The van der Waals surface area contributed by atoms with Crippen LogP contribution in [0.15, 0.2) is 35.7 Å². The quantitative estimate of drug-likeness (QED) is 0.338. The number of rotatable bonds is 4. The van der Waals surface area contributed by atoms with Crippen molar-refractivity contribution >= 4 is 46.3 Å². The number of carbonyl (C=O) groups excluding carboxylic acids is 2. The number of para-hydroxylation sites is 2. The summed E-state index contributed by atoms with van der Waals surface area (Å²) < 4.78 is 3.91. The number of ether oxygens (including phenoxy) is 1. The highest BCUT2D eigenvalue weighted by molar-refractivity contribution is 6.53. The molecule has 8 heteroatoms. The number of hydrogen-bond donors (Lipinski definition) is 0. The van der Waals surface area contributed by atoms with Gasteiger partial charge in [-0.2, -0.15) is 5.26 Å². The monoisotopic (exact) mass is 393 g/mol. The first-order valence-electron chi connectivity index (χ1n) is 7.93. The highest BCUT2D eigenvalue weighted by Gasteiger charge is 2.69. The van der Waals surface area contributed by atoms with Crippen LogP contribution in [0.1, 0.15) is 13.3 Å². The third-order valence-electron chi connectivity index (χ3n) is 4.90. The topological polar surface area (TPSA) is 73.6 Å². The summed E-state index contributed by atoms with van der Waals surface area (Å²) in [4.78, 5) is 28.2. The van der Waals surface area contributed by atoms with Crippen LogP contribution in [0.2, 0.25) is 0 Å². The van der Waals surface area contributed by atoms with Crippen LogP contribution in [0.25, 0.3) is 0 Å². The molecule has 1 aliphatic carbocycles. The second kappa shape index (κ2) is 6.19. The fraction of sp³-hybridized carbons (Fsp3) is 0.389. The van der Waals surface area contributed by atoms with Gasteiger partial charge in [0.15, 0.2) is 6.61 Å². The van der Waals surface area contributed by atoms with Gasteiger partial charge < -0.3 is 14.5 Å². The smallest absolute Gasteiger partial charge is 0.315 e. The number of halogens is 2. The van der Waals surface area contributed by atoms with E-state index in [1.54, 1.807) is 30.8 Å². The minimum atomic E-state index is -1.17. The Labute approximate surface area is 161 Å². The van der Waals surface area contributed by atoms with Gasteiger partial charge in [-0.3, -0.25) is 9.59 Å². The number of benzene rings is 1. The molecule has 1 aliphatic heterocycles. The van der Waals surface area contributed by atoms with Crippen LogP contribution in [-0.4, -0.2) is 36.8 Å². The molecule has 136 valence electrons. The van der Waals surface area contributed by atoms with Crippen molar-refractivity contribution in [2.45, 2.75) is 17.7 Å².